The molecule has 0 unspecified atom stereocenters. The van der Waals surface area contributed by atoms with Crippen molar-refractivity contribution in [2.75, 3.05) is 11.9 Å². The third-order valence-electron chi connectivity index (χ3n) is 5.50. The van der Waals surface area contributed by atoms with Crippen LogP contribution in [0.4, 0.5) is 23.2 Å². The minimum absolute atomic E-state index is 0.0165. The maximum atomic E-state index is 15.2. The smallest absolute Gasteiger partial charge is 0.425 e. The van der Waals surface area contributed by atoms with Crippen LogP contribution in [0.5, 0.6) is 5.75 Å². The van der Waals surface area contributed by atoms with Gasteiger partial charge in [0.2, 0.25) is 0 Å². The van der Waals surface area contributed by atoms with Gasteiger partial charge in [-0.05, 0) is 38.5 Å². The zero-order valence-electron chi connectivity index (χ0n) is 18.9. The lowest BCUT2D eigenvalue weighted by Gasteiger charge is -2.21. The molecular formula is C22H21F4N5O4. The summed E-state index contributed by atoms with van der Waals surface area (Å²) in [6.45, 7) is 4.54. The molecule has 186 valence electrons. The Morgan fingerprint density at radius 1 is 1.29 bits per heavy atom. The van der Waals surface area contributed by atoms with Crippen LogP contribution in [0.2, 0.25) is 0 Å². The predicted molar refractivity (Wildman–Crippen MR) is 115 cm³/mol. The molecule has 1 aromatic carbocycles. The highest BCUT2D eigenvalue weighted by molar-refractivity contribution is 6.07. The van der Waals surface area contributed by atoms with Gasteiger partial charge in [-0.15, -0.1) is 5.10 Å². The molecule has 9 nitrogen and oxygen atoms in total. The fourth-order valence-electron chi connectivity index (χ4n) is 3.55. The molecule has 1 N–H and O–H groups in total. The Balaban J connectivity index is 1.81. The Morgan fingerprint density at radius 2 is 2.03 bits per heavy atom. The van der Waals surface area contributed by atoms with E-state index in [1.54, 1.807) is 19.9 Å². The molecule has 3 aromatic rings. The summed E-state index contributed by atoms with van der Waals surface area (Å²) >= 11 is 0. The van der Waals surface area contributed by atoms with E-state index in [4.69, 9.17) is 9.47 Å². The first-order valence-electron chi connectivity index (χ1n) is 10.5. The van der Waals surface area contributed by atoms with E-state index in [2.05, 4.69) is 15.4 Å². The number of benzene rings is 1. The molecule has 0 spiro atoms. The van der Waals surface area contributed by atoms with Crippen molar-refractivity contribution >= 4 is 11.6 Å². The van der Waals surface area contributed by atoms with Crippen molar-refractivity contribution in [1.29, 1.82) is 0 Å². The van der Waals surface area contributed by atoms with Crippen molar-refractivity contribution < 1.29 is 31.8 Å². The summed E-state index contributed by atoms with van der Waals surface area (Å²) in [5.41, 5.74) is -0.229. The van der Waals surface area contributed by atoms with Gasteiger partial charge in [0.15, 0.2) is 11.9 Å². The monoisotopic (exact) mass is 495 g/mol. The van der Waals surface area contributed by atoms with Gasteiger partial charge in [0.25, 0.3) is 5.91 Å². The predicted octanol–water partition coefficient (Wildman–Crippen LogP) is 3.30. The van der Waals surface area contributed by atoms with Crippen LogP contribution >= 0.6 is 0 Å². The van der Waals surface area contributed by atoms with Gasteiger partial charge in [0.1, 0.15) is 23.9 Å². The van der Waals surface area contributed by atoms with Crippen LogP contribution in [-0.4, -0.2) is 44.1 Å². The van der Waals surface area contributed by atoms with E-state index in [1.165, 1.54) is 10.8 Å². The lowest BCUT2D eigenvalue weighted by Crippen LogP contribution is -2.32. The fraction of sp³-hybridized carbons (Fsp3) is 0.364. The molecule has 1 atom stereocenters. The second kappa shape index (κ2) is 9.13. The Kier molecular flexibility index (Phi) is 6.36. The highest BCUT2D eigenvalue weighted by atomic mass is 19.4. The third-order valence-corrected chi connectivity index (χ3v) is 5.50. The summed E-state index contributed by atoms with van der Waals surface area (Å²) in [5, 5.41) is 6.58. The molecular weight excluding hydrogens is 474 g/mol. The largest absolute Gasteiger partial charge is 0.480 e. The number of rotatable bonds is 5. The minimum atomic E-state index is -4.76. The number of fused-ring (bicyclic) bond motifs is 1. The van der Waals surface area contributed by atoms with Crippen molar-refractivity contribution in [3.05, 3.63) is 63.3 Å². The number of hydrogen-bond acceptors (Lipinski definition) is 6. The molecule has 1 aliphatic rings. The van der Waals surface area contributed by atoms with Crippen LogP contribution in [0.1, 0.15) is 34.4 Å². The van der Waals surface area contributed by atoms with Gasteiger partial charge >= 0.3 is 11.9 Å². The van der Waals surface area contributed by atoms with E-state index in [9.17, 15) is 22.8 Å². The molecule has 1 aliphatic heterocycles. The number of pyridine rings is 1. The number of amides is 1. The van der Waals surface area contributed by atoms with Crippen LogP contribution in [0.25, 0.3) is 5.69 Å². The van der Waals surface area contributed by atoms with Crippen molar-refractivity contribution in [3.8, 4) is 11.4 Å². The Labute approximate surface area is 196 Å². The average Bonchev–Trinajstić information content (AvgIpc) is 3.13. The number of anilines is 1. The number of alkyl halides is 3. The van der Waals surface area contributed by atoms with E-state index in [0.717, 1.165) is 13.0 Å². The van der Waals surface area contributed by atoms with Crippen molar-refractivity contribution in [1.82, 2.24) is 19.3 Å². The van der Waals surface area contributed by atoms with E-state index in [-0.39, 0.29) is 25.6 Å². The van der Waals surface area contributed by atoms with Gasteiger partial charge in [-0.25, -0.2) is 9.18 Å². The van der Waals surface area contributed by atoms with Crippen molar-refractivity contribution in [3.63, 3.8) is 0 Å². The van der Waals surface area contributed by atoms with Crippen LogP contribution in [0.3, 0.4) is 0 Å². The number of halogens is 4. The Hall–Kier alpha value is -3.74. The average molecular weight is 495 g/mol. The molecule has 3 heterocycles. The highest BCUT2D eigenvalue weighted by Crippen LogP contribution is 2.31. The summed E-state index contributed by atoms with van der Waals surface area (Å²) in [6.07, 6.45) is -5.56. The second-order valence-electron chi connectivity index (χ2n) is 7.96. The van der Waals surface area contributed by atoms with E-state index in [1.807, 2.05) is 0 Å². The van der Waals surface area contributed by atoms with Crippen molar-refractivity contribution in [2.24, 2.45) is 0 Å². The Morgan fingerprint density at radius 3 is 2.69 bits per heavy atom. The molecule has 0 radical (unpaired) electrons. The molecule has 13 heteroatoms. The SMILES string of the molecule is Cc1ccnc(C)c1NC(=O)c1cc(F)c(-n2nc3n(c2=O)CCOC3)cc1O[C@@H](C)C(F)(F)F. The number of ether oxygens (including phenoxy) is 2. The number of aryl methyl sites for hydroxylation is 2. The van der Waals surface area contributed by atoms with E-state index in [0.29, 0.717) is 27.7 Å². The molecule has 35 heavy (non-hydrogen) atoms. The van der Waals surface area contributed by atoms with Crippen LogP contribution in [0, 0.1) is 19.7 Å². The van der Waals surface area contributed by atoms with Crippen LogP contribution < -0.4 is 15.7 Å². The van der Waals surface area contributed by atoms with Crippen molar-refractivity contribution in [2.45, 2.75) is 46.2 Å². The van der Waals surface area contributed by atoms with Gasteiger partial charge < -0.3 is 14.8 Å². The number of nitrogens with zero attached hydrogens (tertiary/aromatic N) is 4. The van der Waals surface area contributed by atoms with Gasteiger partial charge in [0, 0.05) is 12.3 Å². The number of carbonyl (C=O) groups excluding carboxylic acids is 1. The zero-order chi connectivity index (χ0) is 25.5. The van der Waals surface area contributed by atoms with E-state index < -0.39 is 46.7 Å². The van der Waals surface area contributed by atoms with Gasteiger partial charge in [0.05, 0.1) is 30.1 Å². The number of carbonyl (C=O) groups is 1. The zero-order valence-corrected chi connectivity index (χ0v) is 18.9. The number of nitrogens with one attached hydrogen (secondary N) is 1. The topological polar surface area (TPSA) is 100 Å². The molecule has 0 saturated carbocycles. The molecule has 0 bridgehead atoms. The fourth-order valence-corrected chi connectivity index (χ4v) is 3.55. The lowest BCUT2D eigenvalue weighted by molar-refractivity contribution is -0.189. The van der Waals surface area contributed by atoms with Crippen LogP contribution in [0.15, 0.2) is 29.2 Å². The summed E-state index contributed by atoms with van der Waals surface area (Å²) in [4.78, 5) is 29.8. The standard InChI is InChI=1S/C22H21F4N5O4/c1-11-4-5-27-12(2)19(11)28-20(32)14-8-15(23)16(9-17(14)35-13(3)22(24,25)26)31-21(33)30-6-7-34-10-18(30)29-31/h4-5,8-9,13H,6-7,10H2,1-3H3,(H,28,32)/t13-/m0/s1. The second-order valence-corrected chi connectivity index (χ2v) is 7.96. The summed E-state index contributed by atoms with van der Waals surface area (Å²) in [7, 11) is 0. The Bertz CT molecular complexity index is 1330. The van der Waals surface area contributed by atoms with Crippen LogP contribution in [-0.2, 0) is 17.9 Å². The van der Waals surface area contributed by atoms with E-state index >= 15 is 4.39 Å². The lowest BCUT2D eigenvalue weighted by atomic mass is 10.1. The van der Waals surface area contributed by atoms with Gasteiger partial charge in [-0.2, -0.15) is 17.9 Å². The first-order chi connectivity index (χ1) is 16.5. The normalized spacial score (nSPS) is 14.4. The first-order valence-corrected chi connectivity index (χ1v) is 10.5. The molecule has 0 aliphatic carbocycles. The maximum absolute atomic E-state index is 15.2. The third kappa shape index (κ3) is 4.76. The minimum Gasteiger partial charge on any atom is -0.480 e. The van der Waals surface area contributed by atoms with Gasteiger partial charge in [-0.3, -0.25) is 14.3 Å². The maximum Gasteiger partial charge on any atom is 0.425 e. The summed E-state index contributed by atoms with van der Waals surface area (Å²) in [6, 6.07) is 3.20. The first kappa shape index (κ1) is 24.4. The quantitative estimate of drug-likeness (QED) is 0.546. The molecule has 4 rings (SSSR count). The molecule has 0 saturated heterocycles. The highest BCUT2D eigenvalue weighted by Gasteiger charge is 2.39. The molecule has 1 amide bonds. The molecule has 2 aromatic heterocycles. The van der Waals surface area contributed by atoms with Gasteiger partial charge in [-0.1, -0.05) is 0 Å². The number of hydrogen-bond donors (Lipinski definition) is 1. The summed E-state index contributed by atoms with van der Waals surface area (Å²) < 4.78 is 67.2. The number of aromatic nitrogens is 4. The summed E-state index contributed by atoms with van der Waals surface area (Å²) in [5.74, 6) is -2.31. The molecule has 0 fully saturated rings.